The van der Waals surface area contributed by atoms with Crippen LogP contribution in [0.1, 0.15) is 5.56 Å². The molecule has 6 heteroatoms. The lowest BCUT2D eigenvalue weighted by Crippen LogP contribution is -2.47. The summed E-state index contributed by atoms with van der Waals surface area (Å²) >= 11 is 0. The molecule has 0 aliphatic carbocycles. The van der Waals surface area contributed by atoms with Gasteiger partial charge in [-0.05, 0) is 42.8 Å². The molecule has 1 aromatic heterocycles. The van der Waals surface area contributed by atoms with Gasteiger partial charge in [-0.3, -0.25) is 0 Å². The molecule has 0 radical (unpaired) electrons. The van der Waals surface area contributed by atoms with Crippen molar-refractivity contribution in [2.45, 2.75) is 11.8 Å². The molecular weight excluding hydrogens is 298 g/mol. The van der Waals surface area contributed by atoms with Crippen LogP contribution >= 0.6 is 0 Å². The van der Waals surface area contributed by atoms with Gasteiger partial charge in [0.2, 0.25) is 0 Å². The Hall–Kier alpha value is -1.92. The lowest BCUT2D eigenvalue weighted by atomic mass is 10.2. The number of anilines is 1. The molecule has 0 amide bonds. The first-order chi connectivity index (χ1) is 10.6. The van der Waals surface area contributed by atoms with E-state index in [0.29, 0.717) is 18.0 Å². The molecular formula is C16H19N3O2S. The lowest BCUT2D eigenvalue weighted by Gasteiger charge is -2.34. The zero-order chi connectivity index (χ0) is 15.5. The van der Waals surface area contributed by atoms with Crippen LogP contribution in [0.2, 0.25) is 0 Å². The van der Waals surface area contributed by atoms with E-state index in [1.807, 2.05) is 35.5 Å². The molecule has 0 saturated carbocycles. The van der Waals surface area contributed by atoms with E-state index in [1.54, 1.807) is 18.3 Å². The molecule has 0 spiro atoms. The van der Waals surface area contributed by atoms with Crippen LogP contribution in [-0.4, -0.2) is 44.8 Å². The van der Waals surface area contributed by atoms with Gasteiger partial charge >= 0.3 is 0 Å². The van der Waals surface area contributed by atoms with Crippen LogP contribution in [0, 0.1) is 6.92 Å². The minimum Gasteiger partial charge on any atom is -0.508 e. The fourth-order valence-corrected chi connectivity index (χ4v) is 3.90. The molecule has 0 bridgehead atoms. The maximum Gasteiger partial charge on any atom is 0.128 e. The van der Waals surface area contributed by atoms with Gasteiger partial charge in [0.25, 0.3) is 0 Å². The van der Waals surface area contributed by atoms with Gasteiger partial charge in [-0.25, -0.2) is 13.5 Å². The fraction of sp³-hybridized carbons (Fsp3) is 0.312. The van der Waals surface area contributed by atoms with Crippen molar-refractivity contribution in [3.05, 3.63) is 48.2 Å². The minimum atomic E-state index is -1.24. The van der Waals surface area contributed by atoms with Crippen molar-refractivity contribution in [2.24, 2.45) is 0 Å². The van der Waals surface area contributed by atoms with Gasteiger partial charge < -0.3 is 10.0 Å². The third-order valence-corrected chi connectivity index (χ3v) is 5.16. The Morgan fingerprint density at radius 1 is 1.14 bits per heavy atom. The second-order valence-electron chi connectivity index (χ2n) is 5.36. The molecule has 1 aromatic carbocycles. The molecule has 1 fully saturated rings. The summed E-state index contributed by atoms with van der Waals surface area (Å²) in [6, 6.07) is 11.0. The summed E-state index contributed by atoms with van der Waals surface area (Å²) in [5, 5.41) is 9.66. The van der Waals surface area contributed by atoms with Gasteiger partial charge in [0.05, 0.1) is 4.90 Å². The van der Waals surface area contributed by atoms with E-state index < -0.39 is 11.0 Å². The van der Waals surface area contributed by atoms with Gasteiger partial charge in [0.15, 0.2) is 0 Å². The molecule has 3 rings (SSSR count). The molecule has 1 N–H and O–H groups in total. The number of hydrogen-bond donors (Lipinski definition) is 1. The third kappa shape index (κ3) is 3.28. The fourth-order valence-electron chi connectivity index (χ4n) is 2.60. The minimum absolute atomic E-state index is 0.162. The van der Waals surface area contributed by atoms with Gasteiger partial charge in [-0.15, -0.1) is 0 Å². The molecule has 1 atom stereocenters. The number of aryl methyl sites for hydroxylation is 1. The van der Waals surface area contributed by atoms with Gasteiger partial charge in [0.1, 0.15) is 22.6 Å². The number of aromatic nitrogens is 1. The number of phenols is 1. The van der Waals surface area contributed by atoms with Crippen molar-refractivity contribution in [1.29, 1.82) is 0 Å². The number of aromatic hydroxyl groups is 1. The van der Waals surface area contributed by atoms with E-state index >= 15 is 0 Å². The van der Waals surface area contributed by atoms with E-state index in [2.05, 4.69) is 9.88 Å². The summed E-state index contributed by atoms with van der Waals surface area (Å²) in [5.74, 6) is 1.12. The van der Waals surface area contributed by atoms with E-state index in [9.17, 15) is 9.32 Å². The van der Waals surface area contributed by atoms with E-state index in [4.69, 9.17) is 0 Å². The van der Waals surface area contributed by atoms with Crippen molar-refractivity contribution in [2.75, 3.05) is 31.1 Å². The van der Waals surface area contributed by atoms with Gasteiger partial charge in [0, 0.05) is 32.4 Å². The second kappa shape index (κ2) is 6.46. The normalized spacial score (nSPS) is 17.4. The van der Waals surface area contributed by atoms with Gasteiger partial charge in [-0.2, -0.15) is 0 Å². The molecule has 5 nitrogen and oxygen atoms in total. The first-order valence-corrected chi connectivity index (χ1v) is 8.37. The number of piperazine rings is 1. The van der Waals surface area contributed by atoms with Crippen molar-refractivity contribution in [1.82, 2.24) is 9.29 Å². The highest BCUT2D eigenvalue weighted by Gasteiger charge is 2.23. The highest BCUT2D eigenvalue weighted by atomic mass is 32.2. The molecule has 2 heterocycles. The average Bonchev–Trinajstić information content (AvgIpc) is 2.54. The molecule has 1 unspecified atom stereocenters. The third-order valence-electron chi connectivity index (χ3n) is 3.68. The zero-order valence-corrected chi connectivity index (χ0v) is 13.3. The molecule has 22 heavy (non-hydrogen) atoms. The number of hydrogen-bond acceptors (Lipinski definition) is 4. The monoisotopic (exact) mass is 317 g/mol. The lowest BCUT2D eigenvalue weighted by molar-refractivity contribution is 0.408. The van der Waals surface area contributed by atoms with Crippen molar-refractivity contribution >= 4 is 16.8 Å². The number of benzene rings is 1. The van der Waals surface area contributed by atoms with Gasteiger partial charge in [-0.1, -0.05) is 6.07 Å². The van der Waals surface area contributed by atoms with E-state index in [0.717, 1.165) is 24.5 Å². The Balaban J connectivity index is 1.67. The number of phenolic OH excluding ortho intramolecular Hbond substituents is 1. The maximum atomic E-state index is 12.6. The Kier molecular flexibility index (Phi) is 4.40. The first kappa shape index (κ1) is 15.0. The Labute approximate surface area is 132 Å². The largest absolute Gasteiger partial charge is 0.508 e. The molecule has 1 aliphatic heterocycles. The van der Waals surface area contributed by atoms with Crippen LogP contribution in [0.4, 0.5) is 5.82 Å². The number of rotatable bonds is 3. The molecule has 116 valence electrons. The quantitative estimate of drug-likeness (QED) is 0.940. The Morgan fingerprint density at radius 2 is 1.91 bits per heavy atom. The van der Waals surface area contributed by atoms with Crippen LogP contribution in [0.3, 0.4) is 0 Å². The standard InChI is InChI=1S/C16H19N3O2S/c1-13-10-14(20)12-15(11-13)22(21)19-8-6-18(7-9-19)16-4-2-3-5-17-16/h2-5,10-12,20H,6-9H2,1H3. The Morgan fingerprint density at radius 3 is 2.55 bits per heavy atom. The molecule has 1 saturated heterocycles. The van der Waals surface area contributed by atoms with Crippen LogP contribution < -0.4 is 4.90 Å². The van der Waals surface area contributed by atoms with Crippen LogP contribution in [-0.2, 0) is 11.0 Å². The van der Waals surface area contributed by atoms with Crippen LogP contribution in [0.25, 0.3) is 0 Å². The summed E-state index contributed by atoms with van der Waals surface area (Å²) in [6.07, 6.45) is 1.79. The van der Waals surface area contributed by atoms with Crippen molar-refractivity contribution < 1.29 is 9.32 Å². The summed E-state index contributed by atoms with van der Waals surface area (Å²) in [5.41, 5.74) is 0.912. The highest BCUT2D eigenvalue weighted by molar-refractivity contribution is 7.82. The average molecular weight is 317 g/mol. The maximum absolute atomic E-state index is 12.6. The SMILES string of the molecule is Cc1cc(O)cc(S(=O)N2CCN(c3ccccn3)CC2)c1. The summed E-state index contributed by atoms with van der Waals surface area (Å²) < 4.78 is 14.6. The van der Waals surface area contributed by atoms with Crippen molar-refractivity contribution in [3.63, 3.8) is 0 Å². The number of pyridine rings is 1. The predicted molar refractivity (Wildman–Crippen MR) is 87.3 cm³/mol. The van der Waals surface area contributed by atoms with Crippen LogP contribution in [0.15, 0.2) is 47.5 Å². The summed E-state index contributed by atoms with van der Waals surface area (Å²) in [7, 11) is -1.24. The molecule has 2 aromatic rings. The van der Waals surface area contributed by atoms with E-state index in [-0.39, 0.29) is 5.75 Å². The van der Waals surface area contributed by atoms with Crippen LogP contribution in [0.5, 0.6) is 5.75 Å². The second-order valence-corrected chi connectivity index (χ2v) is 6.84. The van der Waals surface area contributed by atoms with Crippen molar-refractivity contribution in [3.8, 4) is 5.75 Å². The summed E-state index contributed by atoms with van der Waals surface area (Å²) in [4.78, 5) is 7.20. The predicted octanol–water partition coefficient (Wildman–Crippen LogP) is 1.94. The first-order valence-electron chi connectivity index (χ1n) is 7.27. The Bertz CT molecular complexity index is 650. The molecule has 1 aliphatic rings. The zero-order valence-electron chi connectivity index (χ0n) is 12.5. The summed E-state index contributed by atoms with van der Waals surface area (Å²) in [6.45, 7) is 4.89. The topological polar surface area (TPSA) is 56.7 Å². The smallest absolute Gasteiger partial charge is 0.128 e. The number of nitrogens with zero attached hydrogens (tertiary/aromatic N) is 3. The highest BCUT2D eigenvalue weighted by Crippen LogP contribution is 2.21. The van der Waals surface area contributed by atoms with E-state index in [1.165, 1.54) is 0 Å².